The van der Waals surface area contributed by atoms with Crippen LogP contribution in [0.25, 0.3) is 11.5 Å². The molecule has 6 heteroatoms. The second-order valence-corrected chi connectivity index (χ2v) is 4.65. The molecule has 0 aromatic carbocycles. The van der Waals surface area contributed by atoms with E-state index in [2.05, 4.69) is 25.1 Å². The predicted octanol–water partition coefficient (Wildman–Crippen LogP) is 0.713. The van der Waals surface area contributed by atoms with Gasteiger partial charge in [-0.15, -0.1) is 5.10 Å². The summed E-state index contributed by atoms with van der Waals surface area (Å²) in [5.74, 6) is 1.42. The van der Waals surface area contributed by atoms with Gasteiger partial charge in [0.1, 0.15) is 5.69 Å². The second-order valence-electron chi connectivity index (χ2n) is 4.65. The van der Waals surface area contributed by atoms with E-state index in [4.69, 9.17) is 5.73 Å². The van der Waals surface area contributed by atoms with Gasteiger partial charge < -0.3 is 10.6 Å². The lowest BCUT2D eigenvalue weighted by molar-refractivity contribution is 0.750. The van der Waals surface area contributed by atoms with Gasteiger partial charge in [0.25, 0.3) is 0 Å². The lowest BCUT2D eigenvalue weighted by Crippen LogP contribution is -2.26. The minimum Gasteiger partial charge on any atom is -0.338 e. The molecule has 1 saturated heterocycles. The van der Waals surface area contributed by atoms with Crippen LogP contribution in [0.4, 0.5) is 5.95 Å². The van der Waals surface area contributed by atoms with Gasteiger partial charge in [-0.25, -0.2) is 0 Å². The summed E-state index contributed by atoms with van der Waals surface area (Å²) in [5.41, 5.74) is 7.81. The van der Waals surface area contributed by atoms with Crippen molar-refractivity contribution in [1.29, 1.82) is 0 Å². The van der Waals surface area contributed by atoms with Gasteiger partial charge in [0.15, 0.2) is 5.82 Å². The number of rotatable bonds is 2. The zero-order chi connectivity index (χ0) is 12.5. The maximum atomic E-state index is 5.88. The molecular weight excluding hydrogens is 228 g/mol. The highest BCUT2D eigenvalue weighted by Gasteiger charge is 2.22. The summed E-state index contributed by atoms with van der Waals surface area (Å²) >= 11 is 0. The molecule has 0 saturated carbocycles. The Hall–Kier alpha value is -1.95. The molecule has 1 atom stereocenters. The largest absolute Gasteiger partial charge is 0.338 e. The van der Waals surface area contributed by atoms with Crippen LogP contribution < -0.4 is 10.6 Å². The van der Waals surface area contributed by atoms with Crippen molar-refractivity contribution in [2.24, 2.45) is 5.73 Å². The third kappa shape index (κ3) is 1.95. The molecule has 3 rings (SSSR count). The van der Waals surface area contributed by atoms with E-state index in [0.29, 0.717) is 11.8 Å². The second kappa shape index (κ2) is 4.38. The van der Waals surface area contributed by atoms with Gasteiger partial charge in [0.2, 0.25) is 5.95 Å². The monoisotopic (exact) mass is 244 g/mol. The normalized spacial score (nSPS) is 19.4. The highest BCUT2D eigenvalue weighted by molar-refractivity contribution is 5.55. The van der Waals surface area contributed by atoms with Gasteiger partial charge in [-0.1, -0.05) is 6.07 Å². The maximum Gasteiger partial charge on any atom is 0.245 e. The Kier molecular flexibility index (Phi) is 2.71. The third-order valence-corrected chi connectivity index (χ3v) is 3.21. The molecule has 0 amide bonds. The molecule has 1 aliphatic rings. The molecule has 1 unspecified atom stereocenters. The Balaban J connectivity index is 1.88. The van der Waals surface area contributed by atoms with E-state index < -0.39 is 0 Å². The van der Waals surface area contributed by atoms with Crippen molar-refractivity contribution in [3.63, 3.8) is 0 Å². The van der Waals surface area contributed by atoms with E-state index >= 15 is 0 Å². The van der Waals surface area contributed by atoms with Crippen LogP contribution in [0.5, 0.6) is 0 Å². The molecule has 3 heterocycles. The van der Waals surface area contributed by atoms with Crippen molar-refractivity contribution in [3.8, 4) is 11.5 Å². The zero-order valence-corrected chi connectivity index (χ0v) is 10.3. The summed E-state index contributed by atoms with van der Waals surface area (Å²) in [5, 5.41) is 7.19. The molecule has 0 radical (unpaired) electrons. The van der Waals surface area contributed by atoms with Gasteiger partial charge in [-0.05, 0) is 25.0 Å². The average molecular weight is 244 g/mol. The highest BCUT2D eigenvalue weighted by atomic mass is 15.4. The van der Waals surface area contributed by atoms with Gasteiger partial charge in [-0.3, -0.25) is 10.1 Å². The van der Waals surface area contributed by atoms with Crippen molar-refractivity contribution in [3.05, 3.63) is 23.9 Å². The number of pyridine rings is 1. The molecular formula is C12H16N6. The molecule has 6 nitrogen and oxygen atoms in total. The van der Waals surface area contributed by atoms with E-state index in [-0.39, 0.29) is 6.04 Å². The SMILES string of the molecule is Cc1cccnc1-c1nc(N2CCC(N)C2)n[nH]1. The standard InChI is InChI=1S/C12H16N6/c1-8-3-2-5-14-10(8)11-15-12(17-16-11)18-6-4-9(13)7-18/h2-3,5,9H,4,6-7,13H2,1H3,(H,15,16,17). The van der Waals surface area contributed by atoms with Crippen molar-refractivity contribution < 1.29 is 0 Å². The van der Waals surface area contributed by atoms with Crippen LogP contribution in [0.3, 0.4) is 0 Å². The van der Waals surface area contributed by atoms with Crippen LogP contribution in [0.15, 0.2) is 18.3 Å². The van der Waals surface area contributed by atoms with Crippen LogP contribution in [0, 0.1) is 6.92 Å². The number of nitrogens with one attached hydrogen (secondary N) is 1. The minimum absolute atomic E-state index is 0.225. The summed E-state index contributed by atoms with van der Waals surface area (Å²) in [6.45, 7) is 3.74. The average Bonchev–Trinajstić information content (AvgIpc) is 2.98. The number of hydrogen-bond donors (Lipinski definition) is 2. The lowest BCUT2D eigenvalue weighted by Gasteiger charge is -2.11. The van der Waals surface area contributed by atoms with Gasteiger partial charge >= 0.3 is 0 Å². The van der Waals surface area contributed by atoms with Crippen molar-refractivity contribution in [2.75, 3.05) is 18.0 Å². The van der Waals surface area contributed by atoms with E-state index in [1.165, 1.54) is 0 Å². The molecule has 2 aromatic rings. The number of hydrogen-bond acceptors (Lipinski definition) is 5. The Morgan fingerprint density at radius 2 is 2.39 bits per heavy atom. The topological polar surface area (TPSA) is 83.7 Å². The fraction of sp³-hybridized carbons (Fsp3) is 0.417. The molecule has 18 heavy (non-hydrogen) atoms. The first kappa shape index (κ1) is 11.2. The quantitative estimate of drug-likeness (QED) is 0.813. The number of nitrogens with two attached hydrogens (primary N) is 1. The number of nitrogens with zero attached hydrogens (tertiary/aromatic N) is 4. The number of aromatic amines is 1. The fourth-order valence-corrected chi connectivity index (χ4v) is 2.20. The van der Waals surface area contributed by atoms with E-state index in [1.54, 1.807) is 6.20 Å². The summed E-state index contributed by atoms with van der Waals surface area (Å²) in [6, 6.07) is 4.15. The Morgan fingerprint density at radius 3 is 3.11 bits per heavy atom. The molecule has 0 bridgehead atoms. The van der Waals surface area contributed by atoms with Crippen LogP contribution in [-0.4, -0.2) is 39.3 Å². The van der Waals surface area contributed by atoms with E-state index in [1.807, 2.05) is 19.1 Å². The molecule has 94 valence electrons. The van der Waals surface area contributed by atoms with Gasteiger partial charge in [0, 0.05) is 25.3 Å². The predicted molar refractivity (Wildman–Crippen MR) is 69.2 cm³/mol. The maximum absolute atomic E-state index is 5.88. The lowest BCUT2D eigenvalue weighted by atomic mass is 10.2. The van der Waals surface area contributed by atoms with Crippen LogP contribution in [0.1, 0.15) is 12.0 Å². The summed E-state index contributed by atoms with van der Waals surface area (Å²) < 4.78 is 0. The first-order valence-electron chi connectivity index (χ1n) is 6.09. The molecule has 0 spiro atoms. The number of aryl methyl sites for hydroxylation is 1. The van der Waals surface area contributed by atoms with Crippen LogP contribution in [0.2, 0.25) is 0 Å². The Morgan fingerprint density at radius 1 is 1.50 bits per heavy atom. The first-order valence-corrected chi connectivity index (χ1v) is 6.09. The van der Waals surface area contributed by atoms with E-state index in [0.717, 1.165) is 30.8 Å². The van der Waals surface area contributed by atoms with Crippen molar-refractivity contribution >= 4 is 5.95 Å². The number of aromatic nitrogens is 4. The minimum atomic E-state index is 0.225. The third-order valence-electron chi connectivity index (χ3n) is 3.21. The summed E-state index contributed by atoms with van der Waals surface area (Å²) in [4.78, 5) is 10.9. The molecule has 1 aliphatic heterocycles. The zero-order valence-electron chi connectivity index (χ0n) is 10.3. The smallest absolute Gasteiger partial charge is 0.245 e. The van der Waals surface area contributed by atoms with Crippen molar-refractivity contribution in [1.82, 2.24) is 20.2 Å². The van der Waals surface area contributed by atoms with Gasteiger partial charge in [0.05, 0.1) is 0 Å². The molecule has 2 aromatic heterocycles. The Labute approximate surface area is 105 Å². The number of H-pyrrole nitrogens is 1. The Bertz CT molecular complexity index is 549. The molecule has 1 fully saturated rings. The number of anilines is 1. The van der Waals surface area contributed by atoms with Crippen molar-refractivity contribution in [2.45, 2.75) is 19.4 Å². The van der Waals surface area contributed by atoms with Crippen LogP contribution in [-0.2, 0) is 0 Å². The van der Waals surface area contributed by atoms with Gasteiger partial charge in [-0.2, -0.15) is 4.98 Å². The molecule has 3 N–H and O–H groups in total. The summed E-state index contributed by atoms with van der Waals surface area (Å²) in [7, 11) is 0. The van der Waals surface area contributed by atoms with Crippen LogP contribution >= 0.6 is 0 Å². The van der Waals surface area contributed by atoms with E-state index in [9.17, 15) is 0 Å². The fourth-order valence-electron chi connectivity index (χ4n) is 2.20. The summed E-state index contributed by atoms with van der Waals surface area (Å²) in [6.07, 6.45) is 2.75. The highest BCUT2D eigenvalue weighted by Crippen LogP contribution is 2.20. The first-order chi connectivity index (χ1) is 8.74. The molecule has 0 aliphatic carbocycles.